The number of nitrogens with zero attached hydrogens (tertiary/aromatic N) is 2. The number of amides is 1. The molecule has 1 atom stereocenters. The molecule has 208 valence electrons. The Morgan fingerprint density at radius 2 is 1.88 bits per heavy atom. The lowest BCUT2D eigenvalue weighted by atomic mass is 9.95. The van der Waals surface area contributed by atoms with E-state index in [0.29, 0.717) is 27.7 Å². The third-order valence-electron chi connectivity index (χ3n) is 6.30. The van der Waals surface area contributed by atoms with Crippen LogP contribution in [0.4, 0.5) is 0 Å². The fourth-order valence-corrected chi connectivity index (χ4v) is 5.14. The van der Waals surface area contributed by atoms with E-state index in [1.165, 1.54) is 3.57 Å². The highest BCUT2D eigenvalue weighted by Crippen LogP contribution is 2.33. The summed E-state index contributed by atoms with van der Waals surface area (Å²) >= 11 is 7.60. The van der Waals surface area contributed by atoms with Crippen LogP contribution in [0.25, 0.3) is 5.69 Å². The van der Waals surface area contributed by atoms with Crippen molar-refractivity contribution in [3.8, 4) is 11.4 Å². The number of halogens is 1. The summed E-state index contributed by atoms with van der Waals surface area (Å²) in [6.45, 7) is 7.51. The summed E-state index contributed by atoms with van der Waals surface area (Å²) in [5, 5.41) is 10.6. The van der Waals surface area contributed by atoms with Crippen molar-refractivity contribution in [2.24, 2.45) is 5.10 Å². The van der Waals surface area contributed by atoms with Crippen LogP contribution in [0.1, 0.15) is 42.4 Å². The molecule has 0 radical (unpaired) electrons. The second-order valence-corrected chi connectivity index (χ2v) is 10.7. The van der Waals surface area contributed by atoms with Crippen molar-refractivity contribution in [1.29, 1.82) is 0 Å². The molecule has 0 saturated heterocycles. The summed E-state index contributed by atoms with van der Waals surface area (Å²) in [4.78, 5) is 25.3. The molecule has 0 fully saturated rings. The minimum Gasteiger partial charge on any atom is -0.483 e. The molecule has 0 spiro atoms. The van der Waals surface area contributed by atoms with Crippen molar-refractivity contribution in [3.63, 3.8) is 0 Å². The van der Waals surface area contributed by atoms with Crippen LogP contribution in [-0.2, 0) is 14.3 Å². The van der Waals surface area contributed by atoms with Crippen molar-refractivity contribution < 1.29 is 19.1 Å². The highest BCUT2D eigenvalue weighted by atomic mass is 127. The van der Waals surface area contributed by atoms with Gasteiger partial charge < -0.3 is 24.7 Å². The van der Waals surface area contributed by atoms with Crippen LogP contribution in [0.3, 0.4) is 0 Å². The van der Waals surface area contributed by atoms with E-state index in [9.17, 15) is 9.59 Å². The minimum atomic E-state index is -0.603. The average Bonchev–Trinajstić information content (AvgIpc) is 3.20. The largest absolute Gasteiger partial charge is 0.483 e. The lowest BCUT2D eigenvalue weighted by Gasteiger charge is -2.30. The first kappa shape index (κ1) is 29.3. The van der Waals surface area contributed by atoms with E-state index >= 15 is 0 Å². The molecule has 3 N–H and O–H groups in total. The van der Waals surface area contributed by atoms with Crippen molar-refractivity contribution in [1.82, 2.24) is 20.6 Å². The number of esters is 1. The Bertz CT molecular complexity index is 1500. The molecule has 1 aliphatic heterocycles. The molecule has 2 aromatic carbocycles. The van der Waals surface area contributed by atoms with Crippen LogP contribution >= 0.6 is 34.8 Å². The molecule has 2 heterocycles. The normalized spacial score (nSPS) is 15.0. The summed E-state index contributed by atoms with van der Waals surface area (Å²) < 4.78 is 14.4. The maximum Gasteiger partial charge on any atom is 0.338 e. The first-order valence-electron chi connectivity index (χ1n) is 12.6. The van der Waals surface area contributed by atoms with Gasteiger partial charge in [-0.25, -0.2) is 10.2 Å². The Labute approximate surface area is 252 Å². The molecular formula is C29H30IN5O4S. The number of para-hydroxylation sites is 1. The molecule has 4 rings (SSSR count). The van der Waals surface area contributed by atoms with Gasteiger partial charge in [0.15, 0.2) is 11.7 Å². The molecule has 3 aromatic rings. The highest BCUT2D eigenvalue weighted by Gasteiger charge is 2.32. The fraction of sp³-hybridized carbons (Fsp3) is 0.241. The number of aryl methyl sites for hydroxylation is 1. The molecule has 0 unspecified atom stereocenters. The Hall–Kier alpha value is -3.71. The molecule has 9 nitrogen and oxygen atoms in total. The van der Waals surface area contributed by atoms with Crippen LogP contribution in [0, 0.1) is 17.4 Å². The number of hydrogen-bond acceptors (Lipinski definition) is 6. The predicted octanol–water partition coefficient (Wildman–Crippen LogP) is 4.58. The zero-order valence-corrected chi connectivity index (χ0v) is 25.6. The second-order valence-electron chi connectivity index (χ2n) is 9.05. The van der Waals surface area contributed by atoms with Gasteiger partial charge in [-0.3, -0.25) is 4.79 Å². The van der Waals surface area contributed by atoms with E-state index in [1.54, 1.807) is 32.2 Å². The minimum absolute atomic E-state index is 0.237. The molecule has 1 aliphatic rings. The molecule has 11 heteroatoms. The van der Waals surface area contributed by atoms with Crippen LogP contribution in [0.5, 0.6) is 5.75 Å². The van der Waals surface area contributed by atoms with E-state index in [1.807, 2.05) is 32.0 Å². The van der Waals surface area contributed by atoms with Gasteiger partial charge in [-0.1, -0.05) is 18.2 Å². The number of rotatable bonds is 9. The van der Waals surface area contributed by atoms with Crippen LogP contribution < -0.4 is 20.8 Å². The summed E-state index contributed by atoms with van der Waals surface area (Å²) in [6.07, 6.45) is 1.62. The van der Waals surface area contributed by atoms with Crippen molar-refractivity contribution in [3.05, 3.63) is 92.0 Å². The van der Waals surface area contributed by atoms with Gasteiger partial charge in [0.1, 0.15) is 5.75 Å². The summed E-state index contributed by atoms with van der Waals surface area (Å²) in [5.74, 6) is -0.459. The van der Waals surface area contributed by atoms with E-state index in [-0.39, 0.29) is 13.2 Å². The Kier molecular flexibility index (Phi) is 9.58. The lowest BCUT2D eigenvalue weighted by Crippen LogP contribution is -2.45. The third kappa shape index (κ3) is 6.70. The van der Waals surface area contributed by atoms with E-state index < -0.39 is 17.9 Å². The smallest absolute Gasteiger partial charge is 0.338 e. The maximum atomic E-state index is 12.7. The number of carbonyl (C=O) groups excluding carboxylic acids is 2. The van der Waals surface area contributed by atoms with Gasteiger partial charge in [0.2, 0.25) is 0 Å². The SMILES string of the molecule is CCOC(=O)C1=C(C)NC(=S)N[C@H]1c1ccccc1OCC(=O)NN=Cc1cc(C)n(-c2ccc(I)cc2)c1C. The van der Waals surface area contributed by atoms with Crippen LogP contribution in [0.15, 0.2) is 71.0 Å². The van der Waals surface area contributed by atoms with E-state index in [0.717, 1.165) is 22.6 Å². The first-order valence-corrected chi connectivity index (χ1v) is 14.1. The van der Waals surface area contributed by atoms with Gasteiger partial charge in [0.05, 0.1) is 24.4 Å². The van der Waals surface area contributed by atoms with Crippen molar-refractivity contribution in [2.45, 2.75) is 33.7 Å². The van der Waals surface area contributed by atoms with Gasteiger partial charge in [-0.2, -0.15) is 5.10 Å². The number of aromatic nitrogens is 1. The predicted molar refractivity (Wildman–Crippen MR) is 167 cm³/mol. The number of thiocarbonyl (C=S) groups is 1. The monoisotopic (exact) mass is 671 g/mol. The zero-order chi connectivity index (χ0) is 28.8. The first-order chi connectivity index (χ1) is 19.2. The lowest BCUT2D eigenvalue weighted by molar-refractivity contribution is -0.139. The molecule has 0 saturated carbocycles. The van der Waals surface area contributed by atoms with Gasteiger partial charge >= 0.3 is 5.97 Å². The van der Waals surface area contributed by atoms with Gasteiger partial charge in [-0.05, 0) is 98.9 Å². The number of benzene rings is 2. The summed E-state index contributed by atoms with van der Waals surface area (Å²) in [6, 6.07) is 16.8. The standard InChI is InChI=1S/C29H30IN5O4S/c1-5-38-28(37)26-18(3)32-29(40)33-27(26)23-8-6-7-9-24(23)39-16-25(36)34-31-15-20-14-17(2)35(19(20)4)22-12-10-21(30)11-13-22/h6-15,27H,5,16H2,1-4H3,(H,34,36)(H2,32,33,40)/t27-/m0/s1. The quantitative estimate of drug-likeness (QED) is 0.101. The Morgan fingerprint density at radius 1 is 1.15 bits per heavy atom. The van der Waals surface area contributed by atoms with Crippen LogP contribution in [-0.4, -0.2) is 41.0 Å². The van der Waals surface area contributed by atoms with Gasteiger partial charge in [0, 0.05) is 37.5 Å². The second kappa shape index (κ2) is 13.1. The molecule has 1 amide bonds. The van der Waals surface area contributed by atoms with Gasteiger partial charge in [-0.15, -0.1) is 0 Å². The highest BCUT2D eigenvalue weighted by molar-refractivity contribution is 14.1. The summed E-state index contributed by atoms with van der Waals surface area (Å²) in [5.41, 5.74) is 8.18. The number of hydrazone groups is 1. The number of hydrogen-bond donors (Lipinski definition) is 3. The van der Waals surface area contributed by atoms with E-state index in [2.05, 4.69) is 72.6 Å². The number of ether oxygens (including phenoxy) is 2. The molecule has 40 heavy (non-hydrogen) atoms. The number of carbonyl (C=O) groups is 2. The number of nitrogens with one attached hydrogen (secondary N) is 3. The van der Waals surface area contributed by atoms with Crippen molar-refractivity contribution >= 4 is 58.0 Å². The van der Waals surface area contributed by atoms with Crippen molar-refractivity contribution in [2.75, 3.05) is 13.2 Å². The molecule has 0 aliphatic carbocycles. The van der Waals surface area contributed by atoms with Crippen LogP contribution in [0.2, 0.25) is 0 Å². The number of allylic oxidation sites excluding steroid dienone is 1. The molecule has 1 aromatic heterocycles. The zero-order valence-electron chi connectivity index (χ0n) is 22.6. The third-order valence-corrected chi connectivity index (χ3v) is 7.24. The van der Waals surface area contributed by atoms with E-state index in [4.69, 9.17) is 21.7 Å². The fourth-order valence-electron chi connectivity index (χ4n) is 4.51. The topological polar surface area (TPSA) is 106 Å². The molecule has 0 bridgehead atoms. The van der Waals surface area contributed by atoms with Gasteiger partial charge in [0.25, 0.3) is 5.91 Å². The maximum absolute atomic E-state index is 12.7. The Morgan fingerprint density at radius 3 is 2.60 bits per heavy atom. The summed E-state index contributed by atoms with van der Waals surface area (Å²) in [7, 11) is 0. The Balaban J connectivity index is 1.44. The average molecular weight is 672 g/mol. The molecular weight excluding hydrogens is 641 g/mol.